The van der Waals surface area contributed by atoms with Crippen LogP contribution in [0.15, 0.2) is 30.3 Å². The van der Waals surface area contributed by atoms with Crippen LogP contribution in [0, 0.1) is 6.07 Å². The monoisotopic (exact) mass is 146 g/mol. The molecule has 1 aromatic rings. The van der Waals surface area contributed by atoms with Crippen LogP contribution in [-0.4, -0.2) is 5.91 Å². The maximum Gasteiger partial charge on any atom is 0.241 e. The van der Waals surface area contributed by atoms with Gasteiger partial charge in [0.25, 0.3) is 0 Å². The summed E-state index contributed by atoms with van der Waals surface area (Å²) in [6, 6.07) is 10.1. The predicted octanol–water partition coefficient (Wildman–Crippen LogP) is 0.985. The molecule has 0 aliphatic heterocycles. The van der Waals surface area contributed by atoms with Gasteiger partial charge in [0.15, 0.2) is 0 Å². The third-order valence-corrected chi connectivity index (χ3v) is 1.18. The minimum absolute atomic E-state index is 0.433. The normalized spacial score (nSPS) is 10.2. The van der Waals surface area contributed by atoms with E-state index in [1.807, 2.05) is 12.1 Å². The molecule has 0 bridgehead atoms. The number of hydrogen-bond donors (Lipinski definition) is 1. The van der Waals surface area contributed by atoms with Crippen molar-refractivity contribution in [1.82, 2.24) is 0 Å². The van der Waals surface area contributed by atoms with E-state index in [0.29, 0.717) is 0 Å². The van der Waals surface area contributed by atoms with Gasteiger partial charge in [-0.3, -0.25) is 4.79 Å². The highest BCUT2D eigenvalue weighted by Crippen LogP contribution is 1.99. The zero-order valence-electron chi connectivity index (χ0n) is 5.95. The van der Waals surface area contributed by atoms with Crippen molar-refractivity contribution in [1.29, 1.82) is 0 Å². The summed E-state index contributed by atoms with van der Waals surface area (Å²) >= 11 is 0. The maximum atomic E-state index is 10.3. The second kappa shape index (κ2) is 3.56. The largest absolute Gasteiger partial charge is 0.366 e. The second-order valence-electron chi connectivity index (χ2n) is 2.07. The Bertz CT molecular complexity index is 264. The van der Waals surface area contributed by atoms with Crippen molar-refractivity contribution in [2.45, 2.75) is 0 Å². The summed E-state index contributed by atoms with van der Waals surface area (Å²) in [6.07, 6.45) is 2.99. The number of amides is 1. The van der Waals surface area contributed by atoms with Crippen LogP contribution in [0.4, 0.5) is 0 Å². The summed E-state index contributed by atoms with van der Waals surface area (Å²) in [6.45, 7) is 0. The summed E-state index contributed by atoms with van der Waals surface area (Å²) in [5.41, 5.74) is 5.85. The topological polar surface area (TPSA) is 43.1 Å². The van der Waals surface area contributed by atoms with Gasteiger partial charge in [0.05, 0.1) is 0 Å². The van der Waals surface area contributed by atoms with Crippen LogP contribution in [0.3, 0.4) is 0 Å². The lowest BCUT2D eigenvalue weighted by Gasteiger charge is -1.87. The Kier molecular flexibility index (Phi) is 2.44. The van der Waals surface area contributed by atoms with Gasteiger partial charge in [-0.1, -0.05) is 24.3 Å². The highest BCUT2D eigenvalue weighted by atomic mass is 16.1. The Labute approximate surface area is 65.3 Å². The first-order valence-corrected chi connectivity index (χ1v) is 3.22. The van der Waals surface area contributed by atoms with E-state index in [1.165, 1.54) is 6.08 Å². The lowest BCUT2D eigenvalue weighted by atomic mass is 10.2. The van der Waals surface area contributed by atoms with Gasteiger partial charge in [0, 0.05) is 6.08 Å². The van der Waals surface area contributed by atoms with Crippen LogP contribution in [0.2, 0.25) is 0 Å². The third-order valence-electron chi connectivity index (χ3n) is 1.18. The Morgan fingerprint density at radius 3 is 2.64 bits per heavy atom. The number of hydrogen-bond acceptors (Lipinski definition) is 1. The molecule has 0 heterocycles. The quantitative estimate of drug-likeness (QED) is 0.621. The molecule has 0 unspecified atom stereocenters. The van der Waals surface area contributed by atoms with Crippen molar-refractivity contribution < 1.29 is 4.79 Å². The maximum absolute atomic E-state index is 10.3. The van der Waals surface area contributed by atoms with Crippen LogP contribution in [0.25, 0.3) is 6.08 Å². The summed E-state index contributed by atoms with van der Waals surface area (Å²) in [7, 11) is 0. The molecular weight excluding hydrogens is 138 g/mol. The van der Waals surface area contributed by atoms with Gasteiger partial charge in [0.2, 0.25) is 5.91 Å². The fourth-order valence-electron chi connectivity index (χ4n) is 0.689. The van der Waals surface area contributed by atoms with Crippen LogP contribution in [0.1, 0.15) is 5.56 Å². The molecule has 0 aromatic heterocycles. The Hall–Kier alpha value is -1.57. The Morgan fingerprint density at radius 2 is 2.09 bits per heavy atom. The van der Waals surface area contributed by atoms with E-state index in [-0.39, 0.29) is 0 Å². The molecule has 1 aromatic carbocycles. The van der Waals surface area contributed by atoms with Crippen molar-refractivity contribution in [3.63, 3.8) is 0 Å². The molecule has 0 saturated carbocycles. The number of carbonyl (C=O) groups excluding carboxylic acids is 1. The van der Waals surface area contributed by atoms with Gasteiger partial charge in [-0.05, 0) is 17.7 Å². The van der Waals surface area contributed by atoms with Crippen molar-refractivity contribution in [3.8, 4) is 0 Å². The molecule has 2 N–H and O–H groups in total. The number of carbonyl (C=O) groups is 1. The van der Waals surface area contributed by atoms with Crippen LogP contribution in [-0.2, 0) is 4.79 Å². The fraction of sp³-hybridized carbons (Fsp3) is 0. The standard InChI is InChI=1S/C9H8NO/c10-9(11)7-6-8-4-2-1-3-5-8/h2-7H,(H2,10,11). The Morgan fingerprint density at radius 1 is 1.45 bits per heavy atom. The minimum atomic E-state index is -0.433. The molecule has 0 spiro atoms. The molecule has 0 fully saturated rings. The molecule has 11 heavy (non-hydrogen) atoms. The molecule has 1 radical (unpaired) electrons. The van der Waals surface area contributed by atoms with Gasteiger partial charge >= 0.3 is 0 Å². The zero-order chi connectivity index (χ0) is 8.10. The molecule has 1 rings (SSSR count). The lowest BCUT2D eigenvalue weighted by Crippen LogP contribution is -2.04. The van der Waals surface area contributed by atoms with Gasteiger partial charge in [-0.25, -0.2) is 0 Å². The zero-order valence-corrected chi connectivity index (χ0v) is 5.95. The number of primary amides is 1. The van der Waals surface area contributed by atoms with E-state index in [0.717, 1.165) is 5.56 Å². The number of benzene rings is 1. The first kappa shape index (κ1) is 7.54. The second-order valence-corrected chi connectivity index (χ2v) is 2.07. The van der Waals surface area contributed by atoms with E-state index >= 15 is 0 Å². The highest BCUT2D eigenvalue weighted by Gasteiger charge is 1.84. The average molecular weight is 146 g/mol. The van der Waals surface area contributed by atoms with Crippen molar-refractivity contribution in [3.05, 3.63) is 42.0 Å². The molecule has 55 valence electrons. The van der Waals surface area contributed by atoms with E-state index in [1.54, 1.807) is 18.2 Å². The molecular formula is C9H8NO. The molecule has 2 nitrogen and oxygen atoms in total. The smallest absolute Gasteiger partial charge is 0.241 e. The van der Waals surface area contributed by atoms with Crippen molar-refractivity contribution in [2.75, 3.05) is 0 Å². The van der Waals surface area contributed by atoms with Crippen molar-refractivity contribution >= 4 is 12.0 Å². The van der Waals surface area contributed by atoms with Gasteiger partial charge in [-0.2, -0.15) is 0 Å². The number of rotatable bonds is 2. The molecule has 0 aliphatic rings. The van der Waals surface area contributed by atoms with E-state index in [9.17, 15) is 4.79 Å². The van der Waals surface area contributed by atoms with Crippen LogP contribution >= 0.6 is 0 Å². The predicted molar refractivity (Wildman–Crippen MR) is 43.5 cm³/mol. The molecule has 1 amide bonds. The molecule has 0 saturated heterocycles. The Balaban J connectivity index is 2.72. The molecule has 2 heteroatoms. The first-order chi connectivity index (χ1) is 5.29. The highest BCUT2D eigenvalue weighted by molar-refractivity contribution is 5.90. The van der Waals surface area contributed by atoms with Crippen molar-refractivity contribution in [2.24, 2.45) is 5.73 Å². The minimum Gasteiger partial charge on any atom is -0.366 e. The third kappa shape index (κ3) is 2.67. The van der Waals surface area contributed by atoms with Gasteiger partial charge in [0.1, 0.15) is 0 Å². The lowest BCUT2D eigenvalue weighted by molar-refractivity contribution is -0.113. The first-order valence-electron chi connectivity index (χ1n) is 3.22. The SMILES string of the molecule is NC(=O)C=Cc1cc[c]cc1. The fourth-order valence-corrected chi connectivity index (χ4v) is 0.689. The van der Waals surface area contributed by atoms with E-state index in [4.69, 9.17) is 5.73 Å². The van der Waals surface area contributed by atoms with Gasteiger partial charge in [-0.15, -0.1) is 0 Å². The summed E-state index contributed by atoms with van der Waals surface area (Å²) in [4.78, 5) is 10.3. The summed E-state index contributed by atoms with van der Waals surface area (Å²) < 4.78 is 0. The summed E-state index contributed by atoms with van der Waals surface area (Å²) in [5.74, 6) is -0.433. The number of nitrogens with two attached hydrogens (primary N) is 1. The summed E-state index contributed by atoms with van der Waals surface area (Å²) in [5, 5.41) is 0. The molecule has 0 aliphatic carbocycles. The van der Waals surface area contributed by atoms with Gasteiger partial charge < -0.3 is 5.73 Å². The molecule has 0 atom stereocenters. The van der Waals surface area contributed by atoms with Crippen LogP contribution in [0.5, 0.6) is 0 Å². The average Bonchev–Trinajstić information content (AvgIpc) is 2.03. The van der Waals surface area contributed by atoms with Crippen LogP contribution < -0.4 is 5.73 Å². The van der Waals surface area contributed by atoms with E-state index in [2.05, 4.69) is 6.07 Å². The van der Waals surface area contributed by atoms with E-state index < -0.39 is 5.91 Å².